The number of nitrogens with zero attached hydrogens (tertiary/aromatic N) is 2. The number of hydrogen-bond acceptors (Lipinski definition) is 8. The van der Waals surface area contributed by atoms with E-state index in [0.717, 1.165) is 0 Å². The number of alkyl halides is 1. The van der Waals surface area contributed by atoms with Gasteiger partial charge in [0, 0.05) is 30.4 Å². The minimum atomic E-state index is -1.37. The molecule has 300 valence electrons. The Bertz CT molecular complexity index is 1510. The SMILES string of the molecule is C=CCCC(=O)N[C@H](COC)[C@H](OC(=O)[C@H]1[C@@H]2O[C@@]3(CC2Br)[C@@H]1C(=O)N([C@@H](CO)CC(C)C)[C@@H]3C(=O)N(CC=C)C(C)(C)CC(C)(C)C)c1ccccc1. The van der Waals surface area contributed by atoms with Gasteiger partial charge in [-0.2, -0.15) is 0 Å². The molecular formula is C42H62BrN3O8. The predicted molar refractivity (Wildman–Crippen MR) is 211 cm³/mol. The largest absolute Gasteiger partial charge is 0.455 e. The number of esters is 1. The molecule has 2 bridgehead atoms. The van der Waals surface area contributed by atoms with Gasteiger partial charge in [-0.3, -0.25) is 19.2 Å². The van der Waals surface area contributed by atoms with Crippen molar-refractivity contribution in [1.82, 2.24) is 15.1 Å². The van der Waals surface area contributed by atoms with Crippen molar-refractivity contribution in [2.75, 3.05) is 26.9 Å². The number of carbonyl (C=O) groups excluding carboxylic acids is 4. The lowest BCUT2D eigenvalue weighted by molar-refractivity contribution is -0.164. The summed E-state index contributed by atoms with van der Waals surface area (Å²) in [5.41, 5.74) is -1.50. The Balaban J connectivity index is 1.81. The van der Waals surface area contributed by atoms with Gasteiger partial charge in [-0.15, -0.1) is 13.2 Å². The van der Waals surface area contributed by atoms with Crippen molar-refractivity contribution in [2.45, 2.75) is 127 Å². The van der Waals surface area contributed by atoms with E-state index in [1.807, 2.05) is 58.0 Å². The lowest BCUT2D eigenvalue weighted by Crippen LogP contribution is -2.62. The Hall–Kier alpha value is -3.06. The molecule has 0 aliphatic carbocycles. The normalized spacial score (nSPS) is 26.6. The predicted octanol–water partition coefficient (Wildman–Crippen LogP) is 5.75. The van der Waals surface area contributed by atoms with Crippen LogP contribution in [0.2, 0.25) is 0 Å². The molecule has 1 aromatic rings. The quantitative estimate of drug-likeness (QED) is 0.103. The second-order valence-corrected chi connectivity index (χ2v) is 18.6. The highest BCUT2D eigenvalue weighted by Gasteiger charge is 2.78. The van der Waals surface area contributed by atoms with Crippen molar-refractivity contribution < 1.29 is 38.5 Å². The van der Waals surface area contributed by atoms with Crippen molar-refractivity contribution >= 4 is 39.6 Å². The number of methoxy groups -OCH3 is 1. The first-order chi connectivity index (χ1) is 25.4. The van der Waals surface area contributed by atoms with Crippen molar-refractivity contribution in [1.29, 1.82) is 0 Å². The van der Waals surface area contributed by atoms with Gasteiger partial charge in [0.15, 0.2) is 0 Å². The number of rotatable bonds is 19. The second kappa shape index (κ2) is 17.8. The van der Waals surface area contributed by atoms with E-state index < -0.39 is 65.2 Å². The molecule has 3 aliphatic heterocycles. The molecule has 1 unspecified atom stereocenters. The van der Waals surface area contributed by atoms with E-state index in [4.69, 9.17) is 14.2 Å². The van der Waals surface area contributed by atoms with Gasteiger partial charge in [0.05, 0.1) is 43.2 Å². The average Bonchev–Trinajstić information content (AvgIpc) is 3.69. The highest BCUT2D eigenvalue weighted by atomic mass is 79.9. The zero-order valence-electron chi connectivity index (χ0n) is 33.4. The zero-order chi connectivity index (χ0) is 40.2. The van der Waals surface area contributed by atoms with Gasteiger partial charge in [-0.1, -0.05) is 93.0 Å². The number of likely N-dealkylation sites (tertiary alicyclic amines) is 1. The fraction of sp³-hybridized carbons (Fsp3) is 0.667. The first-order valence-electron chi connectivity index (χ1n) is 19.2. The van der Waals surface area contributed by atoms with E-state index in [1.54, 1.807) is 17.1 Å². The lowest BCUT2D eigenvalue weighted by Gasteiger charge is -2.46. The van der Waals surface area contributed by atoms with E-state index in [-0.39, 0.29) is 54.2 Å². The van der Waals surface area contributed by atoms with E-state index in [2.05, 4.69) is 55.2 Å². The molecule has 2 N–H and O–H groups in total. The van der Waals surface area contributed by atoms with E-state index in [1.165, 1.54) is 12.0 Å². The molecule has 11 nitrogen and oxygen atoms in total. The van der Waals surface area contributed by atoms with Gasteiger partial charge in [-0.25, -0.2) is 0 Å². The maximum absolute atomic E-state index is 15.3. The second-order valence-electron chi connectivity index (χ2n) is 17.4. The molecular weight excluding hydrogens is 754 g/mol. The summed E-state index contributed by atoms with van der Waals surface area (Å²) in [7, 11) is 1.51. The molecule has 3 heterocycles. The minimum Gasteiger partial charge on any atom is -0.455 e. The van der Waals surface area contributed by atoms with Crippen LogP contribution in [0.3, 0.4) is 0 Å². The zero-order valence-corrected chi connectivity index (χ0v) is 35.0. The molecule has 1 spiro atoms. The molecule has 12 heteroatoms. The minimum absolute atomic E-state index is 0.0475. The third-order valence-corrected chi connectivity index (χ3v) is 11.7. The van der Waals surface area contributed by atoms with Crippen LogP contribution in [-0.2, 0) is 33.4 Å². The summed E-state index contributed by atoms with van der Waals surface area (Å²) in [6, 6.07) is 6.55. The van der Waals surface area contributed by atoms with Crippen LogP contribution in [-0.4, -0.2) is 106 Å². The van der Waals surface area contributed by atoms with Gasteiger partial charge in [0.1, 0.15) is 17.7 Å². The van der Waals surface area contributed by atoms with Crippen LogP contribution >= 0.6 is 15.9 Å². The van der Waals surface area contributed by atoms with Gasteiger partial charge in [0.25, 0.3) is 0 Å². The summed E-state index contributed by atoms with van der Waals surface area (Å²) in [6.45, 7) is 22.0. The van der Waals surface area contributed by atoms with Crippen molar-refractivity contribution in [3.8, 4) is 0 Å². The maximum Gasteiger partial charge on any atom is 0.313 e. The van der Waals surface area contributed by atoms with Crippen molar-refractivity contribution in [2.24, 2.45) is 23.2 Å². The van der Waals surface area contributed by atoms with Crippen LogP contribution in [0.4, 0.5) is 0 Å². The lowest BCUT2D eigenvalue weighted by atomic mass is 9.70. The third kappa shape index (κ3) is 9.14. The monoisotopic (exact) mass is 815 g/mol. The Kier molecular flexibility index (Phi) is 14.4. The van der Waals surface area contributed by atoms with Crippen LogP contribution in [0, 0.1) is 23.2 Å². The molecule has 54 heavy (non-hydrogen) atoms. The number of hydrogen-bond donors (Lipinski definition) is 2. The van der Waals surface area contributed by atoms with Crippen molar-refractivity contribution in [3.63, 3.8) is 0 Å². The van der Waals surface area contributed by atoms with E-state index >= 15 is 9.59 Å². The number of carbonyl (C=O) groups is 4. The summed E-state index contributed by atoms with van der Waals surface area (Å²) in [6.07, 6.45) is 3.70. The molecule has 3 fully saturated rings. The van der Waals surface area contributed by atoms with E-state index in [0.29, 0.717) is 31.2 Å². The summed E-state index contributed by atoms with van der Waals surface area (Å²) in [5, 5.41) is 13.8. The number of amides is 3. The number of aliphatic hydroxyl groups is 1. The topological polar surface area (TPSA) is 135 Å². The molecule has 1 aromatic carbocycles. The number of nitrogens with one attached hydrogen (secondary N) is 1. The van der Waals surface area contributed by atoms with Crippen LogP contribution in [0.25, 0.3) is 0 Å². The fourth-order valence-corrected chi connectivity index (χ4v) is 10.2. The number of halogens is 1. The molecule has 3 amide bonds. The van der Waals surface area contributed by atoms with Crippen LogP contribution < -0.4 is 5.32 Å². The molecule has 3 aliphatic rings. The first kappa shape index (κ1) is 43.7. The highest BCUT2D eigenvalue weighted by molar-refractivity contribution is 9.09. The number of ether oxygens (including phenoxy) is 3. The van der Waals surface area contributed by atoms with Gasteiger partial charge >= 0.3 is 5.97 Å². The van der Waals surface area contributed by atoms with Gasteiger partial charge in [0.2, 0.25) is 17.7 Å². The van der Waals surface area contributed by atoms with Crippen LogP contribution in [0.1, 0.15) is 92.2 Å². The standard InChI is InChI=1S/C42H62BrN3O8/c1-11-13-19-31(48)44-30(24-52-10)34(27-17-15-14-16-18-27)53-39(51)32-33-37(49)46(28(23-47)21-26(3)4)36(42(33)22-29(43)35(32)54-42)38(50)45(20-12-2)41(8,9)25-40(5,6)7/h11-12,14-18,26,28-30,32-36,47H,1-2,13,19-25H2,3-10H3,(H,44,48)/t28-,29?,30-,32-,33+,34-,35-,36-,42+/m1/s1. The molecule has 0 aromatic heterocycles. The number of allylic oxidation sites excluding steroid dienone is 1. The van der Waals surface area contributed by atoms with Gasteiger partial charge in [-0.05, 0) is 56.4 Å². The molecule has 3 saturated heterocycles. The summed E-state index contributed by atoms with van der Waals surface area (Å²) >= 11 is 3.78. The summed E-state index contributed by atoms with van der Waals surface area (Å²) in [4.78, 5) is 60.9. The Morgan fingerprint density at radius 3 is 2.37 bits per heavy atom. The molecule has 0 saturated carbocycles. The highest BCUT2D eigenvalue weighted by Crippen LogP contribution is 2.61. The summed E-state index contributed by atoms with van der Waals surface area (Å²) in [5.74, 6) is -3.66. The maximum atomic E-state index is 15.3. The Morgan fingerprint density at radius 2 is 1.81 bits per heavy atom. The Labute approximate surface area is 330 Å². The smallest absolute Gasteiger partial charge is 0.313 e. The van der Waals surface area contributed by atoms with Gasteiger partial charge < -0.3 is 34.4 Å². The third-order valence-electron chi connectivity index (χ3n) is 10.9. The van der Waals surface area contributed by atoms with Crippen molar-refractivity contribution in [3.05, 3.63) is 61.2 Å². The molecule has 4 rings (SSSR count). The first-order valence-corrected chi connectivity index (χ1v) is 20.1. The van der Waals surface area contributed by atoms with E-state index in [9.17, 15) is 14.7 Å². The number of fused-ring (bicyclic) bond motifs is 1. The Morgan fingerprint density at radius 1 is 1.15 bits per heavy atom. The fourth-order valence-electron chi connectivity index (χ4n) is 9.26. The van der Waals surface area contributed by atoms with Crippen LogP contribution in [0.15, 0.2) is 55.6 Å². The van der Waals surface area contributed by atoms with Crippen LogP contribution in [0.5, 0.6) is 0 Å². The number of benzene rings is 1. The average molecular weight is 817 g/mol. The summed E-state index contributed by atoms with van der Waals surface area (Å²) < 4.78 is 18.7. The number of aliphatic hydroxyl groups excluding tert-OH is 1. The molecule has 0 radical (unpaired) electrons. The molecule has 9 atom stereocenters.